The normalized spacial score (nSPS) is 13.8. The molecule has 1 aromatic heterocycles. The summed E-state index contributed by atoms with van der Waals surface area (Å²) in [6.45, 7) is 6.73. The first kappa shape index (κ1) is 22.0. The molecule has 0 radical (unpaired) electrons. The van der Waals surface area contributed by atoms with Gasteiger partial charge in [0.1, 0.15) is 16.5 Å². The van der Waals surface area contributed by atoms with Crippen LogP contribution in [0.4, 0.5) is 0 Å². The molecule has 7 heteroatoms. The largest absolute Gasteiger partial charge is 0.494 e. The van der Waals surface area contributed by atoms with Crippen molar-refractivity contribution in [2.24, 2.45) is 0 Å². The van der Waals surface area contributed by atoms with E-state index in [-0.39, 0.29) is 11.8 Å². The van der Waals surface area contributed by atoms with Crippen molar-refractivity contribution in [3.8, 4) is 16.3 Å². The third-order valence-electron chi connectivity index (χ3n) is 5.60. The fourth-order valence-electron chi connectivity index (χ4n) is 3.71. The van der Waals surface area contributed by atoms with Gasteiger partial charge in [0, 0.05) is 42.7 Å². The minimum Gasteiger partial charge on any atom is -0.494 e. The van der Waals surface area contributed by atoms with Gasteiger partial charge in [-0.15, -0.1) is 11.3 Å². The van der Waals surface area contributed by atoms with Crippen molar-refractivity contribution in [2.45, 2.75) is 20.3 Å². The van der Waals surface area contributed by atoms with Crippen LogP contribution in [0.2, 0.25) is 0 Å². The summed E-state index contributed by atoms with van der Waals surface area (Å²) >= 11 is 1.46. The second-order valence-electron chi connectivity index (χ2n) is 7.63. The zero-order valence-electron chi connectivity index (χ0n) is 18.4. The lowest BCUT2D eigenvalue weighted by Gasteiger charge is -2.34. The van der Waals surface area contributed by atoms with Crippen molar-refractivity contribution >= 4 is 23.2 Å². The van der Waals surface area contributed by atoms with E-state index in [4.69, 9.17) is 4.74 Å². The maximum absolute atomic E-state index is 12.9. The van der Waals surface area contributed by atoms with Gasteiger partial charge in [0.15, 0.2) is 0 Å². The molecule has 2 amide bonds. The molecule has 0 atom stereocenters. The lowest BCUT2D eigenvalue weighted by molar-refractivity contribution is 0.0533. The van der Waals surface area contributed by atoms with E-state index in [1.807, 2.05) is 60.4 Å². The standard InChI is InChI=1S/C25H27N3O3S/c1-3-18-5-7-20(8-6-18)24(29)27-13-15-28(16-14-27)25(30)22-17-32-23(26-22)19-9-11-21(12-10-19)31-4-2/h5-12,17H,3-4,13-16H2,1-2H3. The van der Waals surface area contributed by atoms with E-state index in [2.05, 4.69) is 11.9 Å². The third kappa shape index (κ3) is 4.83. The maximum atomic E-state index is 12.9. The van der Waals surface area contributed by atoms with Crippen LogP contribution < -0.4 is 4.74 Å². The fraction of sp³-hybridized carbons (Fsp3) is 0.320. The van der Waals surface area contributed by atoms with Gasteiger partial charge in [0.25, 0.3) is 11.8 Å². The van der Waals surface area contributed by atoms with Crippen LogP contribution in [-0.4, -0.2) is 59.4 Å². The van der Waals surface area contributed by atoms with Gasteiger partial charge in [-0.1, -0.05) is 19.1 Å². The Hall–Kier alpha value is -3.19. The number of ether oxygens (including phenoxy) is 1. The molecule has 0 saturated carbocycles. The van der Waals surface area contributed by atoms with E-state index in [9.17, 15) is 9.59 Å². The molecule has 1 aliphatic heterocycles. The fourth-order valence-corrected chi connectivity index (χ4v) is 4.51. The number of carbonyl (C=O) groups excluding carboxylic acids is 2. The summed E-state index contributed by atoms with van der Waals surface area (Å²) < 4.78 is 5.48. The van der Waals surface area contributed by atoms with Crippen LogP contribution in [-0.2, 0) is 6.42 Å². The number of hydrogen-bond acceptors (Lipinski definition) is 5. The Bertz CT molecular complexity index is 1070. The van der Waals surface area contributed by atoms with Gasteiger partial charge in [0.2, 0.25) is 0 Å². The van der Waals surface area contributed by atoms with Crippen molar-refractivity contribution in [1.82, 2.24) is 14.8 Å². The Kier molecular flexibility index (Phi) is 6.85. The molecule has 4 rings (SSSR count). The molecule has 0 bridgehead atoms. The zero-order valence-corrected chi connectivity index (χ0v) is 19.2. The van der Waals surface area contributed by atoms with Crippen LogP contribution >= 0.6 is 11.3 Å². The number of hydrogen-bond donors (Lipinski definition) is 0. The first-order valence-electron chi connectivity index (χ1n) is 10.9. The van der Waals surface area contributed by atoms with E-state index < -0.39 is 0 Å². The average Bonchev–Trinajstić information content (AvgIpc) is 3.34. The van der Waals surface area contributed by atoms with E-state index in [1.165, 1.54) is 16.9 Å². The van der Waals surface area contributed by atoms with Crippen molar-refractivity contribution in [3.05, 3.63) is 70.7 Å². The molecule has 0 spiro atoms. The molecule has 1 fully saturated rings. The van der Waals surface area contributed by atoms with Gasteiger partial charge in [-0.05, 0) is 55.3 Å². The molecule has 3 aromatic rings. The number of carbonyl (C=O) groups is 2. The van der Waals surface area contributed by atoms with Crippen LogP contribution in [0, 0.1) is 0 Å². The second kappa shape index (κ2) is 9.96. The molecule has 2 aromatic carbocycles. The number of benzene rings is 2. The molecule has 0 aliphatic carbocycles. The number of thiazole rings is 1. The minimum absolute atomic E-state index is 0.0196. The van der Waals surface area contributed by atoms with Crippen LogP contribution in [0.1, 0.15) is 40.3 Å². The first-order chi connectivity index (χ1) is 15.6. The SMILES string of the molecule is CCOc1ccc(-c2nc(C(=O)N3CCN(C(=O)c4ccc(CC)cc4)CC3)cs2)cc1. The zero-order chi connectivity index (χ0) is 22.5. The Morgan fingerprint density at radius 3 is 2.12 bits per heavy atom. The molecule has 0 N–H and O–H groups in total. The van der Waals surface area contributed by atoms with Gasteiger partial charge in [-0.2, -0.15) is 0 Å². The summed E-state index contributed by atoms with van der Waals surface area (Å²) in [6.07, 6.45) is 0.951. The highest BCUT2D eigenvalue weighted by Crippen LogP contribution is 2.26. The highest BCUT2D eigenvalue weighted by molar-refractivity contribution is 7.13. The third-order valence-corrected chi connectivity index (χ3v) is 6.49. The summed E-state index contributed by atoms with van der Waals surface area (Å²) in [6, 6.07) is 15.5. The van der Waals surface area contributed by atoms with E-state index in [0.29, 0.717) is 44.0 Å². The maximum Gasteiger partial charge on any atom is 0.273 e. The summed E-state index contributed by atoms with van der Waals surface area (Å²) in [4.78, 5) is 33.9. The summed E-state index contributed by atoms with van der Waals surface area (Å²) in [5, 5.41) is 2.61. The predicted octanol–water partition coefficient (Wildman–Crippen LogP) is 4.37. The molecular formula is C25H27N3O3S. The van der Waals surface area contributed by atoms with Crippen LogP contribution in [0.5, 0.6) is 5.75 Å². The van der Waals surface area contributed by atoms with Gasteiger partial charge >= 0.3 is 0 Å². The summed E-state index contributed by atoms with van der Waals surface area (Å²) in [5.41, 5.74) is 3.32. The minimum atomic E-state index is -0.0853. The molecule has 1 saturated heterocycles. The van der Waals surface area contributed by atoms with Crippen molar-refractivity contribution in [3.63, 3.8) is 0 Å². The van der Waals surface area contributed by atoms with Crippen LogP contribution in [0.25, 0.3) is 10.6 Å². The summed E-state index contributed by atoms with van der Waals surface area (Å²) in [5.74, 6) is 0.752. The highest BCUT2D eigenvalue weighted by atomic mass is 32.1. The Balaban J connectivity index is 1.35. The van der Waals surface area contributed by atoms with E-state index >= 15 is 0 Å². The average molecular weight is 450 g/mol. The second-order valence-corrected chi connectivity index (χ2v) is 8.49. The lowest BCUT2D eigenvalue weighted by atomic mass is 10.1. The molecular weight excluding hydrogens is 422 g/mol. The molecule has 6 nitrogen and oxygen atoms in total. The van der Waals surface area contributed by atoms with Gasteiger partial charge in [-0.3, -0.25) is 9.59 Å². The Labute approximate surface area is 192 Å². The van der Waals surface area contributed by atoms with Crippen molar-refractivity contribution in [2.75, 3.05) is 32.8 Å². The van der Waals surface area contributed by atoms with Crippen molar-refractivity contribution in [1.29, 1.82) is 0 Å². The van der Waals surface area contributed by atoms with Crippen LogP contribution in [0.15, 0.2) is 53.9 Å². The van der Waals surface area contributed by atoms with Crippen LogP contribution in [0.3, 0.4) is 0 Å². The molecule has 1 aliphatic rings. The lowest BCUT2D eigenvalue weighted by Crippen LogP contribution is -2.50. The highest BCUT2D eigenvalue weighted by Gasteiger charge is 2.26. The Morgan fingerprint density at radius 2 is 1.53 bits per heavy atom. The van der Waals surface area contributed by atoms with E-state index in [0.717, 1.165) is 22.7 Å². The monoisotopic (exact) mass is 449 g/mol. The number of piperazine rings is 1. The van der Waals surface area contributed by atoms with Gasteiger partial charge in [0.05, 0.1) is 6.61 Å². The topological polar surface area (TPSA) is 62.7 Å². The first-order valence-corrected chi connectivity index (χ1v) is 11.8. The van der Waals surface area contributed by atoms with E-state index in [1.54, 1.807) is 10.3 Å². The molecule has 166 valence electrons. The predicted molar refractivity (Wildman–Crippen MR) is 126 cm³/mol. The quantitative estimate of drug-likeness (QED) is 0.561. The molecule has 32 heavy (non-hydrogen) atoms. The number of amides is 2. The van der Waals surface area contributed by atoms with Gasteiger partial charge in [-0.25, -0.2) is 4.98 Å². The number of aryl methyl sites for hydroxylation is 1. The smallest absolute Gasteiger partial charge is 0.273 e. The van der Waals surface area contributed by atoms with Gasteiger partial charge < -0.3 is 14.5 Å². The number of nitrogens with zero attached hydrogens (tertiary/aromatic N) is 3. The summed E-state index contributed by atoms with van der Waals surface area (Å²) in [7, 11) is 0. The Morgan fingerprint density at radius 1 is 0.906 bits per heavy atom. The van der Waals surface area contributed by atoms with Crippen molar-refractivity contribution < 1.29 is 14.3 Å². The number of rotatable bonds is 6. The number of aromatic nitrogens is 1. The molecule has 0 unspecified atom stereocenters. The molecule has 2 heterocycles.